The summed E-state index contributed by atoms with van der Waals surface area (Å²) in [5.74, 6) is -2.48. The van der Waals surface area contributed by atoms with Gasteiger partial charge in [0.25, 0.3) is 5.56 Å². The third kappa shape index (κ3) is 5.46. The number of esters is 2. The molecule has 4 atom stereocenters. The van der Waals surface area contributed by atoms with E-state index in [-0.39, 0.29) is 28.8 Å². The van der Waals surface area contributed by atoms with Crippen LogP contribution >= 0.6 is 0 Å². The Labute approximate surface area is 230 Å². The van der Waals surface area contributed by atoms with Crippen molar-refractivity contribution in [1.82, 2.24) is 9.55 Å². The summed E-state index contributed by atoms with van der Waals surface area (Å²) < 4.78 is 38.9. The number of nitrogens with zero attached hydrogens (tertiary/aromatic N) is 1. The number of aromatic amines is 1. The Kier molecular flexibility index (Phi) is 9.19. The molecule has 14 heteroatoms. The van der Waals surface area contributed by atoms with Crippen molar-refractivity contribution in [2.75, 3.05) is 13.7 Å². The number of fused-ring (bicyclic) bond motifs is 1. The zero-order chi connectivity index (χ0) is 29.5. The van der Waals surface area contributed by atoms with E-state index in [9.17, 15) is 19.2 Å². The Morgan fingerprint density at radius 3 is 2.05 bits per heavy atom. The highest BCUT2D eigenvalue weighted by atomic mass is 28.5. The van der Waals surface area contributed by atoms with Crippen LogP contribution in [0.15, 0.2) is 21.9 Å². The summed E-state index contributed by atoms with van der Waals surface area (Å²) in [6, 6.07) is 1.16. The van der Waals surface area contributed by atoms with E-state index in [1.807, 2.05) is 27.7 Å². The molecule has 0 amide bonds. The van der Waals surface area contributed by atoms with Gasteiger partial charge in [-0.25, -0.2) is 14.4 Å². The van der Waals surface area contributed by atoms with Crippen molar-refractivity contribution in [2.45, 2.75) is 109 Å². The first-order valence-electron chi connectivity index (χ1n) is 13.4. The maximum atomic E-state index is 12.9. The fourth-order valence-electron chi connectivity index (χ4n) is 5.71. The number of ether oxygens (including phenoxy) is 3. The molecule has 1 N–H and O–H groups in total. The lowest BCUT2D eigenvalue weighted by molar-refractivity contribution is -0.189. The van der Waals surface area contributed by atoms with Gasteiger partial charge in [-0.15, -0.1) is 0 Å². The van der Waals surface area contributed by atoms with Gasteiger partial charge in [0.2, 0.25) is 0 Å². The summed E-state index contributed by atoms with van der Waals surface area (Å²) in [6.07, 6.45) is -1.77. The highest BCUT2D eigenvalue weighted by molar-refractivity contribution is 6.84. The number of aromatic nitrogens is 2. The molecule has 0 bridgehead atoms. The van der Waals surface area contributed by atoms with Crippen LogP contribution in [0.5, 0.6) is 0 Å². The molecule has 0 saturated carbocycles. The van der Waals surface area contributed by atoms with Gasteiger partial charge in [-0.3, -0.25) is 14.3 Å². The molecule has 2 fully saturated rings. The largest absolute Gasteiger partial charge is 0.461 e. The minimum absolute atomic E-state index is 0.0420. The summed E-state index contributed by atoms with van der Waals surface area (Å²) in [7, 11) is -5.03. The van der Waals surface area contributed by atoms with Gasteiger partial charge in [-0.2, -0.15) is 0 Å². The number of H-pyrrole nitrogens is 1. The number of nitrogens with one attached hydrogen (secondary N) is 1. The predicted molar refractivity (Wildman–Crippen MR) is 146 cm³/mol. The Balaban J connectivity index is 2.25. The summed E-state index contributed by atoms with van der Waals surface area (Å²) >= 11 is 0. The predicted octanol–water partition coefficient (Wildman–Crippen LogP) is 2.87. The Morgan fingerprint density at radius 2 is 1.56 bits per heavy atom. The molecule has 1 aromatic rings. The first kappa shape index (κ1) is 31.4. The van der Waals surface area contributed by atoms with Crippen LogP contribution in [0.4, 0.5) is 0 Å². The lowest BCUT2D eigenvalue weighted by atomic mass is 9.96. The lowest BCUT2D eigenvalue weighted by Gasteiger charge is -2.52. The molecule has 1 aromatic heterocycles. The van der Waals surface area contributed by atoms with Gasteiger partial charge < -0.3 is 27.2 Å². The van der Waals surface area contributed by atoms with Crippen molar-refractivity contribution < 1.29 is 36.8 Å². The summed E-state index contributed by atoms with van der Waals surface area (Å²) in [5.41, 5.74) is -2.99. The molecule has 220 valence electrons. The molecule has 3 heterocycles. The molecule has 12 nitrogen and oxygen atoms in total. The van der Waals surface area contributed by atoms with Gasteiger partial charge in [0.1, 0.15) is 12.2 Å². The number of rotatable bonds is 6. The SMILES string of the molecule is COC(=O)C(=O)OC1(C)C2O[Si](C(C)C)(C(C)C)O[Si](C(C)C)(C(C)C)OCC2OC1n1ccc(=O)[nH]c1=O. The van der Waals surface area contributed by atoms with Crippen molar-refractivity contribution in [3.05, 3.63) is 33.1 Å². The van der Waals surface area contributed by atoms with Gasteiger partial charge in [-0.05, 0) is 29.1 Å². The Bertz CT molecular complexity index is 1160. The van der Waals surface area contributed by atoms with E-state index in [0.717, 1.165) is 17.7 Å². The molecule has 0 radical (unpaired) electrons. The van der Waals surface area contributed by atoms with E-state index in [4.69, 9.17) is 22.4 Å². The third-order valence-electron chi connectivity index (χ3n) is 7.79. The number of methoxy groups -OCH3 is 1. The van der Waals surface area contributed by atoms with Crippen LogP contribution in [0.2, 0.25) is 22.2 Å². The van der Waals surface area contributed by atoms with Crippen molar-refractivity contribution >= 4 is 29.1 Å². The topological polar surface area (TPSA) is 144 Å². The molecule has 0 aromatic carbocycles. The van der Waals surface area contributed by atoms with Gasteiger partial charge in [0.15, 0.2) is 11.8 Å². The van der Waals surface area contributed by atoms with Crippen LogP contribution in [-0.4, -0.2) is 70.1 Å². The van der Waals surface area contributed by atoms with Gasteiger partial charge >= 0.3 is 34.8 Å². The molecule has 0 aliphatic carbocycles. The first-order chi connectivity index (χ1) is 18.1. The fraction of sp³-hybridized carbons (Fsp3) is 0.760. The van der Waals surface area contributed by atoms with Gasteiger partial charge in [0.05, 0.1) is 13.7 Å². The van der Waals surface area contributed by atoms with E-state index < -0.39 is 64.3 Å². The van der Waals surface area contributed by atoms with Crippen LogP contribution in [0.1, 0.15) is 68.5 Å². The highest BCUT2D eigenvalue weighted by Crippen LogP contribution is 2.51. The molecule has 4 unspecified atom stereocenters. The van der Waals surface area contributed by atoms with Crippen LogP contribution in [0.25, 0.3) is 0 Å². The number of hydrogen-bond acceptors (Lipinski definition) is 10. The van der Waals surface area contributed by atoms with Crippen molar-refractivity contribution in [1.29, 1.82) is 0 Å². The van der Waals surface area contributed by atoms with E-state index in [2.05, 4.69) is 37.4 Å². The van der Waals surface area contributed by atoms with Crippen molar-refractivity contribution in [2.24, 2.45) is 0 Å². The molecule has 2 saturated heterocycles. The average molecular weight is 587 g/mol. The molecular weight excluding hydrogens is 544 g/mol. The molecule has 39 heavy (non-hydrogen) atoms. The second-order valence-electron chi connectivity index (χ2n) is 11.6. The maximum Gasteiger partial charge on any atom is 0.418 e. The zero-order valence-corrected chi connectivity index (χ0v) is 26.4. The summed E-state index contributed by atoms with van der Waals surface area (Å²) in [4.78, 5) is 51.8. The van der Waals surface area contributed by atoms with Crippen LogP contribution in [0.3, 0.4) is 0 Å². The first-order valence-corrected chi connectivity index (χ1v) is 17.3. The molecule has 3 rings (SSSR count). The monoisotopic (exact) mass is 586 g/mol. The second-order valence-corrected chi connectivity index (χ2v) is 20.5. The quantitative estimate of drug-likeness (QED) is 0.300. The van der Waals surface area contributed by atoms with Gasteiger partial charge in [-0.1, -0.05) is 55.4 Å². The molecule has 0 spiro atoms. The smallest absolute Gasteiger partial charge is 0.418 e. The van der Waals surface area contributed by atoms with E-state index in [0.29, 0.717) is 0 Å². The van der Waals surface area contributed by atoms with Crippen LogP contribution in [0, 0.1) is 0 Å². The lowest BCUT2D eigenvalue weighted by Crippen LogP contribution is -2.67. The normalized spacial score (nSPS) is 28.3. The maximum absolute atomic E-state index is 12.9. The minimum atomic E-state index is -3.19. The Morgan fingerprint density at radius 1 is 1.00 bits per heavy atom. The average Bonchev–Trinajstić information content (AvgIpc) is 3.07. The van der Waals surface area contributed by atoms with Crippen molar-refractivity contribution in [3.8, 4) is 0 Å². The standard InChI is InChI=1S/C25H42N2O10Si2/c1-14(2)38(15(3)4)33-13-18-20(36-39(37-38,16(5)6)17(7)8)25(9,35-22(30)21(29)32-10)23(34-18)27-12-11-19(28)26-24(27)31/h11-12,14-18,20,23H,13H2,1-10H3,(H,26,28,31). The number of carbonyl (C=O) groups is 2. The second kappa shape index (κ2) is 11.4. The van der Waals surface area contributed by atoms with E-state index >= 15 is 0 Å². The summed E-state index contributed by atoms with van der Waals surface area (Å²) in [5, 5.41) is 0. The van der Waals surface area contributed by atoms with E-state index in [1.54, 1.807) is 0 Å². The van der Waals surface area contributed by atoms with Crippen LogP contribution in [-0.2, 0) is 36.8 Å². The van der Waals surface area contributed by atoms with Crippen molar-refractivity contribution in [3.63, 3.8) is 0 Å². The van der Waals surface area contributed by atoms with E-state index in [1.165, 1.54) is 13.1 Å². The highest BCUT2D eigenvalue weighted by Gasteiger charge is 2.66. The third-order valence-corrected chi connectivity index (χ3v) is 18.0. The zero-order valence-electron chi connectivity index (χ0n) is 24.4. The van der Waals surface area contributed by atoms with Gasteiger partial charge in [0, 0.05) is 12.3 Å². The van der Waals surface area contributed by atoms with Crippen LogP contribution < -0.4 is 11.2 Å². The molecule has 2 aliphatic rings. The molecule has 2 aliphatic heterocycles. The summed E-state index contributed by atoms with van der Waals surface area (Å²) in [6.45, 7) is 18.1. The number of hydrogen-bond donors (Lipinski definition) is 1. The Hall–Kier alpha value is -2.11. The minimum Gasteiger partial charge on any atom is -0.461 e. The fourth-order valence-corrected chi connectivity index (χ4v) is 17.0. The molecular formula is C25H42N2O10Si2. The number of carbonyl (C=O) groups excluding carboxylic acids is 2.